The van der Waals surface area contributed by atoms with E-state index in [1.54, 1.807) is 32.0 Å². The minimum absolute atomic E-state index is 0.0452. The molecule has 194 valence electrons. The van der Waals surface area contributed by atoms with Crippen molar-refractivity contribution in [1.29, 1.82) is 0 Å². The third-order valence-electron chi connectivity index (χ3n) is 6.13. The second kappa shape index (κ2) is 11.8. The van der Waals surface area contributed by atoms with Crippen LogP contribution in [-0.2, 0) is 20.9 Å². The standard InChI is InChI=1S/C26H31F2N3O5/c1-15(2)25(26(34)29-17-10-19(35-3)13-20(11-17)36-4)30-22(32)12-18-8-9-23(33)31(18)14-16-6-5-7-21(27)24(16)28/h5-7,10-11,13,15,18,25H,8-9,12,14H2,1-4H3,(H,29,34)(H,30,32)/t18-,25?/m0/s1. The number of nitrogens with one attached hydrogen (secondary N) is 2. The third kappa shape index (κ3) is 6.50. The highest BCUT2D eigenvalue weighted by Crippen LogP contribution is 2.27. The smallest absolute Gasteiger partial charge is 0.247 e. The van der Waals surface area contributed by atoms with Crippen LogP contribution in [0.1, 0.15) is 38.7 Å². The number of anilines is 1. The molecule has 2 atom stereocenters. The minimum atomic E-state index is -1.01. The molecule has 3 amide bonds. The van der Waals surface area contributed by atoms with Gasteiger partial charge in [0.2, 0.25) is 17.7 Å². The molecule has 8 nitrogen and oxygen atoms in total. The molecule has 0 aliphatic carbocycles. The Balaban J connectivity index is 1.67. The Hall–Kier alpha value is -3.69. The van der Waals surface area contributed by atoms with Crippen molar-refractivity contribution in [2.75, 3.05) is 19.5 Å². The van der Waals surface area contributed by atoms with Crippen molar-refractivity contribution in [3.05, 3.63) is 53.6 Å². The van der Waals surface area contributed by atoms with Gasteiger partial charge in [0.1, 0.15) is 17.5 Å². The molecule has 3 rings (SSSR count). The van der Waals surface area contributed by atoms with Crippen molar-refractivity contribution in [3.8, 4) is 11.5 Å². The maximum absolute atomic E-state index is 14.1. The lowest BCUT2D eigenvalue weighted by Gasteiger charge is -2.27. The molecule has 1 aliphatic rings. The van der Waals surface area contributed by atoms with Gasteiger partial charge < -0.3 is 25.0 Å². The first kappa shape index (κ1) is 26.9. The highest BCUT2D eigenvalue weighted by atomic mass is 19.2. The molecule has 36 heavy (non-hydrogen) atoms. The molecule has 0 radical (unpaired) electrons. The van der Waals surface area contributed by atoms with Gasteiger partial charge in [-0.15, -0.1) is 0 Å². The average molecular weight is 504 g/mol. The van der Waals surface area contributed by atoms with Crippen LogP contribution in [0.15, 0.2) is 36.4 Å². The summed E-state index contributed by atoms with van der Waals surface area (Å²) in [6, 6.07) is 7.39. The summed E-state index contributed by atoms with van der Waals surface area (Å²) in [7, 11) is 2.99. The number of ether oxygens (including phenoxy) is 2. The summed E-state index contributed by atoms with van der Waals surface area (Å²) in [6.45, 7) is 3.47. The molecule has 0 aromatic heterocycles. The van der Waals surface area contributed by atoms with Crippen LogP contribution in [-0.4, -0.2) is 48.9 Å². The number of amides is 3. The van der Waals surface area contributed by atoms with Gasteiger partial charge in [-0.3, -0.25) is 14.4 Å². The SMILES string of the molecule is COc1cc(NC(=O)C(NC(=O)C[C@@H]2CCC(=O)N2Cc2cccc(F)c2F)C(C)C)cc(OC)c1. The summed E-state index contributed by atoms with van der Waals surface area (Å²) in [4.78, 5) is 39.7. The number of methoxy groups -OCH3 is 2. The molecular formula is C26H31F2N3O5. The van der Waals surface area contributed by atoms with Crippen LogP contribution < -0.4 is 20.1 Å². The summed E-state index contributed by atoms with van der Waals surface area (Å²) in [5.41, 5.74) is 0.490. The van der Waals surface area contributed by atoms with Crippen LogP contribution in [0.3, 0.4) is 0 Å². The highest BCUT2D eigenvalue weighted by Gasteiger charge is 2.34. The largest absolute Gasteiger partial charge is 0.497 e. The predicted molar refractivity (Wildman–Crippen MR) is 129 cm³/mol. The molecule has 2 aromatic carbocycles. The first-order valence-electron chi connectivity index (χ1n) is 11.7. The summed E-state index contributed by atoms with van der Waals surface area (Å²) < 4.78 is 38.2. The van der Waals surface area contributed by atoms with E-state index in [1.165, 1.54) is 31.3 Å². The van der Waals surface area contributed by atoms with Gasteiger partial charge in [0.05, 0.1) is 14.2 Å². The maximum Gasteiger partial charge on any atom is 0.247 e. The molecule has 1 unspecified atom stereocenters. The van der Waals surface area contributed by atoms with E-state index in [4.69, 9.17) is 9.47 Å². The molecule has 0 spiro atoms. The number of halogens is 2. The second-order valence-corrected chi connectivity index (χ2v) is 9.01. The Morgan fingerprint density at radius 3 is 2.39 bits per heavy atom. The number of nitrogens with zero attached hydrogens (tertiary/aromatic N) is 1. The van der Waals surface area contributed by atoms with E-state index in [1.807, 2.05) is 0 Å². The number of carbonyl (C=O) groups is 3. The molecule has 1 aliphatic heterocycles. The molecule has 2 N–H and O–H groups in total. The number of carbonyl (C=O) groups excluding carboxylic acids is 3. The van der Waals surface area contributed by atoms with Gasteiger partial charge in [-0.1, -0.05) is 26.0 Å². The van der Waals surface area contributed by atoms with Gasteiger partial charge in [0, 0.05) is 54.9 Å². The van der Waals surface area contributed by atoms with Gasteiger partial charge in [-0.25, -0.2) is 8.78 Å². The van der Waals surface area contributed by atoms with E-state index < -0.39 is 35.5 Å². The van der Waals surface area contributed by atoms with Crippen LogP contribution in [0.5, 0.6) is 11.5 Å². The second-order valence-electron chi connectivity index (χ2n) is 9.01. The van der Waals surface area contributed by atoms with Crippen molar-refractivity contribution >= 4 is 23.4 Å². The van der Waals surface area contributed by atoms with Crippen LogP contribution in [0.2, 0.25) is 0 Å². The number of benzene rings is 2. The maximum atomic E-state index is 14.1. The Bertz CT molecular complexity index is 1100. The molecule has 0 saturated carbocycles. The van der Waals surface area contributed by atoms with Gasteiger partial charge in [-0.05, 0) is 18.4 Å². The van der Waals surface area contributed by atoms with Crippen molar-refractivity contribution in [2.45, 2.75) is 51.7 Å². The normalized spacial score (nSPS) is 16.1. The number of rotatable bonds is 10. The van der Waals surface area contributed by atoms with Gasteiger partial charge in [0.25, 0.3) is 0 Å². The van der Waals surface area contributed by atoms with Gasteiger partial charge in [0.15, 0.2) is 11.6 Å². The van der Waals surface area contributed by atoms with Crippen molar-refractivity contribution in [1.82, 2.24) is 10.2 Å². The average Bonchev–Trinajstić information content (AvgIpc) is 3.18. The minimum Gasteiger partial charge on any atom is -0.497 e. The van der Waals surface area contributed by atoms with Crippen LogP contribution >= 0.6 is 0 Å². The van der Waals surface area contributed by atoms with Gasteiger partial charge >= 0.3 is 0 Å². The molecule has 1 heterocycles. The summed E-state index contributed by atoms with van der Waals surface area (Å²) in [6.07, 6.45) is 0.554. The van der Waals surface area contributed by atoms with E-state index in [9.17, 15) is 23.2 Å². The first-order valence-corrected chi connectivity index (χ1v) is 11.7. The lowest BCUT2D eigenvalue weighted by molar-refractivity contribution is -0.131. The Kier molecular flexibility index (Phi) is 8.84. The zero-order valence-electron chi connectivity index (χ0n) is 20.8. The van der Waals surface area contributed by atoms with Crippen molar-refractivity contribution in [3.63, 3.8) is 0 Å². The fourth-order valence-corrected chi connectivity index (χ4v) is 4.16. The van der Waals surface area contributed by atoms with Crippen LogP contribution in [0.25, 0.3) is 0 Å². The van der Waals surface area contributed by atoms with Crippen LogP contribution in [0, 0.1) is 17.6 Å². The highest BCUT2D eigenvalue weighted by molar-refractivity contribution is 5.97. The zero-order chi connectivity index (χ0) is 26.4. The van der Waals surface area contributed by atoms with Crippen molar-refractivity contribution in [2.24, 2.45) is 5.92 Å². The molecule has 1 fully saturated rings. The summed E-state index contributed by atoms with van der Waals surface area (Å²) in [5, 5.41) is 5.53. The Labute approximate surface area is 208 Å². The third-order valence-corrected chi connectivity index (χ3v) is 6.13. The van der Waals surface area contributed by atoms with E-state index in [0.717, 1.165) is 6.07 Å². The van der Waals surface area contributed by atoms with Crippen LogP contribution in [0.4, 0.5) is 14.5 Å². The zero-order valence-corrected chi connectivity index (χ0v) is 20.8. The fourth-order valence-electron chi connectivity index (χ4n) is 4.16. The molecule has 2 aromatic rings. The molecule has 0 bridgehead atoms. The fraction of sp³-hybridized carbons (Fsp3) is 0.423. The van der Waals surface area contributed by atoms with Crippen molar-refractivity contribution < 1.29 is 32.6 Å². The molecular weight excluding hydrogens is 472 g/mol. The lowest BCUT2D eigenvalue weighted by atomic mass is 10.0. The number of hydrogen-bond donors (Lipinski definition) is 2. The van der Waals surface area contributed by atoms with E-state index in [-0.39, 0.29) is 36.8 Å². The number of likely N-dealkylation sites (tertiary alicyclic amines) is 1. The summed E-state index contributed by atoms with van der Waals surface area (Å²) >= 11 is 0. The lowest BCUT2D eigenvalue weighted by Crippen LogP contribution is -2.48. The first-order chi connectivity index (χ1) is 17.1. The Morgan fingerprint density at radius 2 is 1.78 bits per heavy atom. The number of hydrogen-bond acceptors (Lipinski definition) is 5. The monoisotopic (exact) mass is 503 g/mol. The van der Waals surface area contributed by atoms with E-state index >= 15 is 0 Å². The topological polar surface area (TPSA) is 97.0 Å². The quantitative estimate of drug-likeness (QED) is 0.516. The molecule has 1 saturated heterocycles. The predicted octanol–water partition coefficient (Wildman–Crippen LogP) is 3.64. The van der Waals surface area contributed by atoms with E-state index in [0.29, 0.717) is 23.6 Å². The molecule has 10 heteroatoms. The van der Waals surface area contributed by atoms with E-state index in [2.05, 4.69) is 10.6 Å². The summed E-state index contributed by atoms with van der Waals surface area (Å²) in [5.74, 6) is -2.32. The van der Waals surface area contributed by atoms with Gasteiger partial charge in [-0.2, -0.15) is 0 Å². The Morgan fingerprint density at radius 1 is 1.11 bits per heavy atom.